The number of amides is 3. The summed E-state index contributed by atoms with van der Waals surface area (Å²) in [7, 11) is 0. The molecule has 2 atom stereocenters. The fourth-order valence-corrected chi connectivity index (χ4v) is 3.35. The van der Waals surface area contributed by atoms with Crippen molar-refractivity contribution in [3.05, 3.63) is 53.0 Å². The number of rotatable bonds is 6. The second-order valence-corrected chi connectivity index (χ2v) is 7.05. The van der Waals surface area contributed by atoms with Crippen molar-refractivity contribution in [2.45, 2.75) is 31.5 Å². The molecule has 3 rings (SSSR count). The Balaban J connectivity index is 1.65. The number of aromatic nitrogens is 1. The van der Waals surface area contributed by atoms with E-state index in [9.17, 15) is 19.2 Å². The van der Waals surface area contributed by atoms with Gasteiger partial charge in [0.15, 0.2) is 6.04 Å². The van der Waals surface area contributed by atoms with Gasteiger partial charge in [0.1, 0.15) is 6.61 Å². The van der Waals surface area contributed by atoms with Crippen LogP contribution in [0, 0.1) is 0 Å². The first-order chi connectivity index (χ1) is 14.0. The van der Waals surface area contributed by atoms with E-state index in [0.717, 1.165) is 17.1 Å². The number of nitrogens with zero attached hydrogens (tertiary/aromatic N) is 1. The van der Waals surface area contributed by atoms with Gasteiger partial charge in [-0.2, -0.15) is 4.37 Å². The summed E-state index contributed by atoms with van der Waals surface area (Å²) in [6.07, 6.45) is 0.0777. The molecule has 2 unspecified atom stereocenters. The van der Waals surface area contributed by atoms with Crippen LogP contribution in [0.2, 0.25) is 0 Å². The summed E-state index contributed by atoms with van der Waals surface area (Å²) in [6, 6.07) is 8.59. The third-order valence-electron chi connectivity index (χ3n) is 4.30. The molecule has 152 valence electrons. The van der Waals surface area contributed by atoms with Crippen LogP contribution in [0.3, 0.4) is 0 Å². The van der Waals surface area contributed by atoms with E-state index in [1.807, 2.05) is 18.2 Å². The molecule has 3 amide bonds. The monoisotopic (exact) mass is 416 g/mol. The van der Waals surface area contributed by atoms with E-state index in [4.69, 9.17) is 4.74 Å². The minimum atomic E-state index is -1.15. The first-order valence-electron chi connectivity index (χ1n) is 9.04. The van der Waals surface area contributed by atoms with E-state index in [1.54, 1.807) is 23.6 Å². The Morgan fingerprint density at radius 1 is 1.24 bits per heavy atom. The number of hydrogen-bond acceptors (Lipinski definition) is 7. The SMILES string of the molecule is O=C(NC(C(=O)NC1CCCNC(=O)C1=O)c1ccsn1)OCc1ccccc1. The van der Waals surface area contributed by atoms with Crippen molar-refractivity contribution in [2.24, 2.45) is 0 Å². The highest BCUT2D eigenvalue weighted by Crippen LogP contribution is 2.15. The van der Waals surface area contributed by atoms with Crippen LogP contribution < -0.4 is 16.0 Å². The smallest absolute Gasteiger partial charge is 0.408 e. The van der Waals surface area contributed by atoms with Gasteiger partial charge in [0.25, 0.3) is 5.91 Å². The maximum Gasteiger partial charge on any atom is 0.408 e. The van der Waals surface area contributed by atoms with Crippen LogP contribution in [-0.4, -0.2) is 40.7 Å². The summed E-state index contributed by atoms with van der Waals surface area (Å²) in [5.74, 6) is -2.08. The van der Waals surface area contributed by atoms with E-state index >= 15 is 0 Å². The normalized spacial score (nSPS) is 17.6. The second-order valence-electron chi connectivity index (χ2n) is 6.39. The van der Waals surface area contributed by atoms with Crippen LogP contribution in [0.25, 0.3) is 0 Å². The number of Topliss-reactive ketones (excluding diaryl/α,β-unsaturated/α-hetero) is 1. The van der Waals surface area contributed by atoms with Crippen LogP contribution in [0.15, 0.2) is 41.8 Å². The fraction of sp³-hybridized carbons (Fsp3) is 0.316. The number of carbonyl (C=O) groups is 4. The van der Waals surface area contributed by atoms with E-state index in [1.165, 1.54) is 0 Å². The molecule has 0 bridgehead atoms. The summed E-state index contributed by atoms with van der Waals surface area (Å²) in [5, 5.41) is 9.17. The molecule has 2 heterocycles. The van der Waals surface area contributed by atoms with E-state index < -0.39 is 35.8 Å². The van der Waals surface area contributed by atoms with Crippen molar-refractivity contribution in [3.63, 3.8) is 0 Å². The van der Waals surface area contributed by atoms with Crippen LogP contribution >= 0.6 is 11.5 Å². The molecule has 0 aliphatic carbocycles. The van der Waals surface area contributed by atoms with Gasteiger partial charge in [-0.15, -0.1) is 0 Å². The lowest BCUT2D eigenvalue weighted by atomic mass is 10.1. The summed E-state index contributed by atoms with van der Waals surface area (Å²) in [4.78, 5) is 48.8. The Morgan fingerprint density at radius 3 is 2.76 bits per heavy atom. The van der Waals surface area contributed by atoms with Crippen molar-refractivity contribution in [1.29, 1.82) is 0 Å². The van der Waals surface area contributed by atoms with Gasteiger partial charge in [-0.05, 0) is 36.0 Å². The Labute approximate surface area is 171 Å². The lowest BCUT2D eigenvalue weighted by Crippen LogP contribution is -2.49. The number of carbonyl (C=O) groups excluding carboxylic acids is 4. The van der Waals surface area contributed by atoms with Gasteiger partial charge in [0, 0.05) is 11.9 Å². The molecule has 3 N–H and O–H groups in total. The standard InChI is InChI=1S/C19H20N4O5S/c24-16-14(7-4-9-20-18(16)26)21-17(25)15(13-8-10-29-23-13)22-19(27)28-11-12-5-2-1-3-6-12/h1-3,5-6,8,10,14-15H,4,7,9,11H2,(H,20,26)(H,21,25)(H,22,27). The third kappa shape index (κ3) is 5.61. The van der Waals surface area contributed by atoms with E-state index in [2.05, 4.69) is 20.3 Å². The average molecular weight is 416 g/mol. The minimum Gasteiger partial charge on any atom is -0.445 e. The highest BCUT2D eigenvalue weighted by Gasteiger charge is 2.33. The van der Waals surface area contributed by atoms with Gasteiger partial charge >= 0.3 is 6.09 Å². The van der Waals surface area contributed by atoms with E-state index in [-0.39, 0.29) is 6.61 Å². The molecule has 1 aromatic heterocycles. The molecule has 0 radical (unpaired) electrons. The molecule has 10 heteroatoms. The molecule has 1 fully saturated rings. The quantitative estimate of drug-likeness (QED) is 0.605. The van der Waals surface area contributed by atoms with Crippen molar-refractivity contribution in [2.75, 3.05) is 6.54 Å². The van der Waals surface area contributed by atoms with Crippen LogP contribution in [-0.2, 0) is 25.7 Å². The van der Waals surface area contributed by atoms with Gasteiger partial charge in [-0.1, -0.05) is 30.3 Å². The molecule has 2 aromatic rings. The first-order valence-corrected chi connectivity index (χ1v) is 9.88. The molecule has 1 aromatic carbocycles. The minimum absolute atomic E-state index is 0.0410. The van der Waals surface area contributed by atoms with Crippen molar-refractivity contribution in [1.82, 2.24) is 20.3 Å². The number of ether oxygens (including phenoxy) is 1. The van der Waals surface area contributed by atoms with Crippen LogP contribution in [0.1, 0.15) is 30.1 Å². The largest absolute Gasteiger partial charge is 0.445 e. The first kappa shape index (κ1) is 20.5. The van der Waals surface area contributed by atoms with Gasteiger partial charge in [0.05, 0.1) is 11.7 Å². The molecule has 0 saturated carbocycles. The Hall–Kier alpha value is -3.27. The zero-order chi connectivity index (χ0) is 20.6. The zero-order valence-electron chi connectivity index (χ0n) is 15.4. The van der Waals surface area contributed by atoms with Gasteiger partial charge in [-0.3, -0.25) is 14.4 Å². The average Bonchev–Trinajstić information content (AvgIpc) is 3.22. The highest BCUT2D eigenvalue weighted by atomic mass is 32.1. The summed E-state index contributed by atoms with van der Waals surface area (Å²) in [5.41, 5.74) is 1.11. The molecular weight excluding hydrogens is 396 g/mol. The number of ketones is 1. The highest BCUT2D eigenvalue weighted by molar-refractivity contribution is 7.03. The second kappa shape index (κ2) is 9.78. The number of alkyl carbamates (subject to hydrolysis) is 1. The number of benzene rings is 1. The van der Waals surface area contributed by atoms with Crippen LogP contribution in [0.5, 0.6) is 0 Å². The Kier molecular flexibility index (Phi) is 6.90. The van der Waals surface area contributed by atoms with Crippen LogP contribution in [0.4, 0.5) is 4.79 Å². The maximum absolute atomic E-state index is 12.8. The summed E-state index contributed by atoms with van der Waals surface area (Å²) >= 11 is 1.12. The van der Waals surface area contributed by atoms with E-state index in [0.29, 0.717) is 25.1 Å². The Morgan fingerprint density at radius 2 is 2.03 bits per heavy atom. The predicted octanol–water partition coefficient (Wildman–Crippen LogP) is 1.07. The number of nitrogens with one attached hydrogen (secondary N) is 3. The fourth-order valence-electron chi connectivity index (χ4n) is 2.80. The van der Waals surface area contributed by atoms with Crippen molar-refractivity contribution < 1.29 is 23.9 Å². The van der Waals surface area contributed by atoms with Gasteiger partial charge < -0.3 is 20.7 Å². The predicted molar refractivity (Wildman–Crippen MR) is 104 cm³/mol. The lowest BCUT2D eigenvalue weighted by Gasteiger charge is -2.20. The number of hydrogen-bond donors (Lipinski definition) is 3. The molecule has 9 nitrogen and oxygen atoms in total. The molecule has 1 aliphatic heterocycles. The summed E-state index contributed by atoms with van der Waals surface area (Å²) in [6.45, 7) is 0.413. The lowest BCUT2D eigenvalue weighted by molar-refractivity contribution is -0.139. The Bertz CT molecular complexity index is 872. The van der Waals surface area contributed by atoms with Gasteiger partial charge in [-0.25, -0.2) is 4.79 Å². The van der Waals surface area contributed by atoms with Gasteiger partial charge in [0.2, 0.25) is 11.7 Å². The topological polar surface area (TPSA) is 126 Å². The summed E-state index contributed by atoms with van der Waals surface area (Å²) < 4.78 is 9.27. The zero-order valence-corrected chi connectivity index (χ0v) is 16.2. The molecule has 1 saturated heterocycles. The molecule has 0 spiro atoms. The molecule has 1 aliphatic rings. The van der Waals surface area contributed by atoms with Crippen molar-refractivity contribution >= 4 is 35.2 Å². The molecular formula is C19H20N4O5S. The molecule has 29 heavy (non-hydrogen) atoms. The maximum atomic E-state index is 12.8. The van der Waals surface area contributed by atoms with Crippen molar-refractivity contribution in [3.8, 4) is 0 Å². The third-order valence-corrected chi connectivity index (χ3v) is 4.88.